The Morgan fingerprint density at radius 3 is 2.21 bits per heavy atom. The van der Waals surface area contributed by atoms with Crippen molar-refractivity contribution in [3.63, 3.8) is 0 Å². The summed E-state index contributed by atoms with van der Waals surface area (Å²) in [5, 5.41) is 3.03. The van der Waals surface area contributed by atoms with Gasteiger partial charge in [0.1, 0.15) is 0 Å². The van der Waals surface area contributed by atoms with Crippen LogP contribution in [0.5, 0.6) is 0 Å². The van der Waals surface area contributed by atoms with E-state index < -0.39 is 0 Å². The highest BCUT2D eigenvalue weighted by molar-refractivity contribution is 5.95. The minimum absolute atomic E-state index is 0.0183. The minimum atomic E-state index is -0.178. The Kier molecular flexibility index (Phi) is 7.20. The first-order valence-electron chi connectivity index (χ1n) is 11.5. The van der Waals surface area contributed by atoms with Crippen molar-refractivity contribution >= 4 is 11.8 Å². The first kappa shape index (κ1) is 22.7. The topological polar surface area (TPSA) is 75.4 Å². The van der Waals surface area contributed by atoms with Crippen molar-refractivity contribution in [3.8, 4) is 11.1 Å². The Balaban J connectivity index is 1.30. The van der Waals surface area contributed by atoms with Gasteiger partial charge in [-0.25, -0.2) is 0 Å². The molecule has 5 nitrogen and oxygen atoms in total. The standard InChI is InChI=1S/C28H31N3O2/c1-20-4-2-5-24(16-20)25-6-3-7-26(17-25)28(33)30-18-21-8-10-22(11-9-21)19-31-14-12-23(13-15-31)27(29)32/h2-11,16-17,23H,12-15,18-19H2,1H3,(H2,29,32)(H,30,33). The zero-order valence-corrected chi connectivity index (χ0v) is 19.1. The summed E-state index contributed by atoms with van der Waals surface area (Å²) in [7, 11) is 0. The van der Waals surface area contributed by atoms with Crippen LogP contribution in [-0.2, 0) is 17.9 Å². The van der Waals surface area contributed by atoms with Crippen LogP contribution in [0, 0.1) is 12.8 Å². The number of nitrogens with one attached hydrogen (secondary N) is 1. The lowest BCUT2D eigenvalue weighted by molar-refractivity contribution is -0.123. The second kappa shape index (κ2) is 10.5. The average Bonchev–Trinajstić information content (AvgIpc) is 2.84. The summed E-state index contributed by atoms with van der Waals surface area (Å²) < 4.78 is 0. The van der Waals surface area contributed by atoms with Crippen LogP contribution in [-0.4, -0.2) is 29.8 Å². The van der Waals surface area contributed by atoms with Gasteiger partial charge < -0.3 is 11.1 Å². The van der Waals surface area contributed by atoms with Gasteiger partial charge in [0.05, 0.1) is 0 Å². The first-order chi connectivity index (χ1) is 16.0. The third kappa shape index (κ3) is 6.08. The molecule has 5 heteroatoms. The highest BCUT2D eigenvalue weighted by atomic mass is 16.2. The van der Waals surface area contributed by atoms with Crippen LogP contribution < -0.4 is 11.1 Å². The summed E-state index contributed by atoms with van der Waals surface area (Å²) >= 11 is 0. The van der Waals surface area contributed by atoms with E-state index in [0.717, 1.165) is 49.2 Å². The molecule has 4 rings (SSSR count). The van der Waals surface area contributed by atoms with Crippen molar-refractivity contribution in [1.82, 2.24) is 10.2 Å². The van der Waals surface area contributed by atoms with Gasteiger partial charge in [-0.3, -0.25) is 14.5 Å². The SMILES string of the molecule is Cc1cccc(-c2cccc(C(=O)NCc3ccc(CN4CCC(C(N)=O)CC4)cc3)c2)c1. The predicted molar refractivity (Wildman–Crippen MR) is 131 cm³/mol. The number of hydrogen-bond acceptors (Lipinski definition) is 3. The molecule has 33 heavy (non-hydrogen) atoms. The van der Waals surface area contributed by atoms with E-state index in [1.165, 1.54) is 11.1 Å². The lowest BCUT2D eigenvalue weighted by Gasteiger charge is -2.30. The molecule has 0 aromatic heterocycles. The highest BCUT2D eigenvalue weighted by Gasteiger charge is 2.22. The summed E-state index contributed by atoms with van der Waals surface area (Å²) in [4.78, 5) is 26.4. The van der Waals surface area contributed by atoms with Gasteiger partial charge in [0.15, 0.2) is 0 Å². The van der Waals surface area contributed by atoms with Gasteiger partial charge in [0.2, 0.25) is 5.91 Å². The molecule has 1 heterocycles. The van der Waals surface area contributed by atoms with Gasteiger partial charge in [0.25, 0.3) is 5.91 Å². The number of aryl methyl sites for hydroxylation is 1. The van der Waals surface area contributed by atoms with E-state index >= 15 is 0 Å². The number of likely N-dealkylation sites (tertiary alicyclic amines) is 1. The quantitative estimate of drug-likeness (QED) is 0.574. The largest absolute Gasteiger partial charge is 0.369 e. The number of benzene rings is 3. The highest BCUT2D eigenvalue weighted by Crippen LogP contribution is 2.22. The number of rotatable bonds is 7. The van der Waals surface area contributed by atoms with E-state index in [1.807, 2.05) is 30.3 Å². The van der Waals surface area contributed by atoms with Crippen LogP contribution in [0.3, 0.4) is 0 Å². The van der Waals surface area contributed by atoms with Gasteiger partial charge in [-0.05, 0) is 67.2 Å². The molecule has 0 radical (unpaired) electrons. The summed E-state index contributed by atoms with van der Waals surface area (Å²) in [6.07, 6.45) is 1.68. The summed E-state index contributed by atoms with van der Waals surface area (Å²) in [5.41, 5.74) is 11.7. The predicted octanol–water partition coefficient (Wildman–Crippen LogP) is 4.29. The lowest BCUT2D eigenvalue weighted by atomic mass is 9.96. The average molecular weight is 442 g/mol. The lowest BCUT2D eigenvalue weighted by Crippen LogP contribution is -2.38. The van der Waals surface area contributed by atoms with Crippen molar-refractivity contribution < 1.29 is 9.59 Å². The molecule has 0 aliphatic carbocycles. The molecule has 3 aromatic rings. The molecule has 3 N–H and O–H groups in total. The smallest absolute Gasteiger partial charge is 0.251 e. The van der Waals surface area contributed by atoms with E-state index in [4.69, 9.17) is 5.73 Å². The second-order valence-electron chi connectivity index (χ2n) is 8.90. The van der Waals surface area contributed by atoms with E-state index in [-0.39, 0.29) is 17.7 Å². The molecule has 0 saturated carbocycles. The maximum Gasteiger partial charge on any atom is 0.251 e. The van der Waals surface area contributed by atoms with Gasteiger partial charge in [-0.15, -0.1) is 0 Å². The van der Waals surface area contributed by atoms with Crippen molar-refractivity contribution in [2.45, 2.75) is 32.9 Å². The van der Waals surface area contributed by atoms with Crippen molar-refractivity contribution in [2.24, 2.45) is 11.7 Å². The van der Waals surface area contributed by atoms with E-state index in [1.54, 1.807) is 0 Å². The molecular formula is C28H31N3O2. The molecule has 3 aromatic carbocycles. The van der Waals surface area contributed by atoms with Crippen LogP contribution in [0.25, 0.3) is 11.1 Å². The Bertz CT molecular complexity index is 1120. The molecule has 1 saturated heterocycles. The number of primary amides is 1. The molecule has 1 fully saturated rings. The fourth-order valence-electron chi connectivity index (χ4n) is 4.35. The molecule has 1 aliphatic rings. The van der Waals surface area contributed by atoms with E-state index in [9.17, 15) is 9.59 Å². The van der Waals surface area contributed by atoms with Gasteiger partial charge in [-0.2, -0.15) is 0 Å². The Morgan fingerprint density at radius 1 is 0.909 bits per heavy atom. The molecule has 0 atom stereocenters. The van der Waals surface area contributed by atoms with Crippen LogP contribution in [0.15, 0.2) is 72.8 Å². The maximum atomic E-state index is 12.7. The van der Waals surface area contributed by atoms with Crippen molar-refractivity contribution in [1.29, 1.82) is 0 Å². The Hall–Kier alpha value is -3.44. The number of hydrogen-bond donors (Lipinski definition) is 2. The number of nitrogens with two attached hydrogens (primary N) is 1. The van der Waals surface area contributed by atoms with Crippen molar-refractivity contribution in [3.05, 3.63) is 95.1 Å². The summed E-state index contributed by atoms with van der Waals surface area (Å²) in [5.74, 6) is -0.237. The van der Waals surface area contributed by atoms with Crippen LogP contribution in [0.2, 0.25) is 0 Å². The van der Waals surface area contributed by atoms with E-state index in [0.29, 0.717) is 12.1 Å². The first-order valence-corrected chi connectivity index (χ1v) is 11.5. The molecular weight excluding hydrogens is 410 g/mol. The number of piperidine rings is 1. The van der Waals surface area contributed by atoms with Crippen molar-refractivity contribution in [2.75, 3.05) is 13.1 Å². The fourth-order valence-corrected chi connectivity index (χ4v) is 4.35. The molecule has 2 amide bonds. The normalized spacial score (nSPS) is 14.7. The second-order valence-corrected chi connectivity index (χ2v) is 8.90. The van der Waals surface area contributed by atoms with Gasteiger partial charge in [0, 0.05) is 24.6 Å². The van der Waals surface area contributed by atoms with E-state index in [2.05, 4.69) is 59.6 Å². The Labute approximate surface area is 195 Å². The molecule has 0 unspecified atom stereocenters. The third-order valence-electron chi connectivity index (χ3n) is 6.35. The monoisotopic (exact) mass is 441 g/mol. The number of amides is 2. The maximum absolute atomic E-state index is 12.7. The summed E-state index contributed by atoms with van der Waals surface area (Å²) in [6, 6.07) is 24.4. The Morgan fingerprint density at radius 2 is 1.55 bits per heavy atom. The molecule has 0 spiro atoms. The molecule has 170 valence electrons. The zero-order valence-electron chi connectivity index (χ0n) is 19.1. The minimum Gasteiger partial charge on any atom is -0.369 e. The number of nitrogens with zero attached hydrogens (tertiary/aromatic N) is 1. The van der Waals surface area contributed by atoms with Crippen LogP contribution in [0.4, 0.5) is 0 Å². The third-order valence-corrected chi connectivity index (χ3v) is 6.35. The fraction of sp³-hybridized carbons (Fsp3) is 0.286. The number of carbonyl (C=O) groups excluding carboxylic acids is 2. The number of carbonyl (C=O) groups is 2. The summed E-state index contributed by atoms with van der Waals surface area (Å²) in [6.45, 7) is 5.21. The molecule has 0 bridgehead atoms. The van der Waals surface area contributed by atoms with Crippen LogP contribution >= 0.6 is 0 Å². The van der Waals surface area contributed by atoms with Gasteiger partial charge >= 0.3 is 0 Å². The van der Waals surface area contributed by atoms with Crippen LogP contribution in [0.1, 0.15) is 39.9 Å². The molecule has 1 aliphatic heterocycles. The van der Waals surface area contributed by atoms with Gasteiger partial charge in [-0.1, -0.05) is 66.2 Å². The zero-order chi connectivity index (χ0) is 23.2.